The molecule has 0 N–H and O–H groups in total. The number of allylic oxidation sites excluding steroid dienone is 2. The largest absolute Gasteiger partial charge is 0.279 e. The van der Waals surface area contributed by atoms with Crippen LogP contribution in [-0.4, -0.2) is 55.0 Å². The number of carbonyl (C=O) groups is 2. The van der Waals surface area contributed by atoms with Crippen molar-refractivity contribution in [2.24, 2.45) is 0 Å². The molecule has 32 heavy (non-hydrogen) atoms. The van der Waals surface area contributed by atoms with Gasteiger partial charge < -0.3 is 0 Å². The molecular weight excluding hydrogens is 479 g/mol. The molecule has 0 radical (unpaired) electrons. The van der Waals surface area contributed by atoms with E-state index in [1.165, 1.54) is 47.5 Å². The van der Waals surface area contributed by atoms with Crippen molar-refractivity contribution in [3.63, 3.8) is 0 Å². The lowest BCUT2D eigenvalue weighted by Gasteiger charge is -2.30. The highest BCUT2D eigenvalue weighted by Crippen LogP contribution is 2.40. The van der Waals surface area contributed by atoms with Gasteiger partial charge in [0.25, 0.3) is 11.8 Å². The van der Waals surface area contributed by atoms with Crippen LogP contribution in [0, 0.1) is 0 Å². The van der Waals surface area contributed by atoms with Crippen LogP contribution in [0.2, 0.25) is 0 Å². The molecule has 0 atom stereocenters. The standard InChI is InChI=1S/C23H31N3O2S4/c1-2-13-24(14-25-20(27)18(31-22(25)29)16-9-5-3-6-10-16)15-26-21(28)19(32-23(26)30)17-11-7-4-8-12-17/h2-15H2,1H3. The summed E-state index contributed by atoms with van der Waals surface area (Å²) in [6.45, 7) is 3.68. The lowest BCUT2D eigenvalue weighted by molar-refractivity contribution is -0.125. The Bertz CT molecular complexity index is 798. The lowest BCUT2D eigenvalue weighted by Crippen LogP contribution is -2.47. The van der Waals surface area contributed by atoms with Crippen LogP contribution in [0.15, 0.2) is 21.0 Å². The predicted octanol–water partition coefficient (Wildman–Crippen LogP) is 5.77. The Morgan fingerprint density at radius 1 is 0.750 bits per heavy atom. The van der Waals surface area contributed by atoms with Crippen LogP contribution in [-0.2, 0) is 9.59 Å². The Balaban J connectivity index is 1.46. The Kier molecular flexibility index (Phi) is 8.48. The highest BCUT2D eigenvalue weighted by atomic mass is 32.2. The molecule has 2 amide bonds. The van der Waals surface area contributed by atoms with Crippen molar-refractivity contribution in [2.45, 2.75) is 77.6 Å². The molecule has 0 unspecified atom stereocenters. The van der Waals surface area contributed by atoms with Gasteiger partial charge in [0.15, 0.2) is 0 Å². The highest BCUT2D eigenvalue weighted by molar-refractivity contribution is 8.27. The fraction of sp³-hybridized carbons (Fsp3) is 0.652. The number of thioether (sulfide) groups is 2. The molecular formula is C23H31N3O2S4. The maximum Gasteiger partial charge on any atom is 0.267 e. The van der Waals surface area contributed by atoms with E-state index in [9.17, 15) is 9.59 Å². The molecule has 0 aromatic heterocycles. The predicted molar refractivity (Wildman–Crippen MR) is 141 cm³/mol. The summed E-state index contributed by atoms with van der Waals surface area (Å²) in [5, 5.41) is 0. The minimum atomic E-state index is 0.0349. The van der Waals surface area contributed by atoms with E-state index >= 15 is 0 Å². The number of amides is 2. The Morgan fingerprint density at radius 3 is 1.53 bits per heavy atom. The van der Waals surface area contributed by atoms with Crippen LogP contribution in [0.25, 0.3) is 0 Å². The van der Waals surface area contributed by atoms with Gasteiger partial charge in [-0.15, -0.1) is 0 Å². The normalized spacial score (nSPS) is 22.9. The van der Waals surface area contributed by atoms with E-state index in [2.05, 4.69) is 11.8 Å². The first-order chi connectivity index (χ1) is 15.5. The van der Waals surface area contributed by atoms with Gasteiger partial charge in [0.1, 0.15) is 8.64 Å². The molecule has 4 fully saturated rings. The number of hydrogen-bond acceptors (Lipinski definition) is 7. The molecule has 0 aromatic rings. The molecule has 0 aromatic carbocycles. The third-order valence-electron chi connectivity index (χ3n) is 6.48. The van der Waals surface area contributed by atoms with Crippen molar-refractivity contribution in [3.05, 3.63) is 21.0 Å². The zero-order valence-corrected chi connectivity index (χ0v) is 22.0. The summed E-state index contributed by atoms with van der Waals surface area (Å²) in [4.78, 5) is 33.6. The fourth-order valence-electron chi connectivity index (χ4n) is 4.79. The van der Waals surface area contributed by atoms with Gasteiger partial charge in [-0.1, -0.05) is 78.9 Å². The Hall–Kier alpha value is -0.740. The second-order valence-corrected chi connectivity index (χ2v) is 12.2. The quantitative estimate of drug-likeness (QED) is 0.333. The third kappa shape index (κ3) is 5.32. The molecule has 0 bridgehead atoms. The van der Waals surface area contributed by atoms with E-state index in [4.69, 9.17) is 24.4 Å². The molecule has 4 rings (SSSR count). The van der Waals surface area contributed by atoms with Crippen molar-refractivity contribution >= 4 is 68.4 Å². The number of thiocarbonyl (C=S) groups is 2. The van der Waals surface area contributed by atoms with Gasteiger partial charge >= 0.3 is 0 Å². The van der Waals surface area contributed by atoms with E-state index in [0.717, 1.165) is 74.1 Å². The molecule has 2 aliphatic heterocycles. The molecule has 0 spiro atoms. The van der Waals surface area contributed by atoms with Crippen LogP contribution in [0.4, 0.5) is 0 Å². The zero-order valence-electron chi connectivity index (χ0n) is 18.7. The fourth-order valence-corrected chi connectivity index (χ4v) is 7.51. The first kappa shape index (κ1) is 24.4. The van der Waals surface area contributed by atoms with Gasteiger partial charge in [-0.25, -0.2) is 0 Å². The summed E-state index contributed by atoms with van der Waals surface area (Å²) in [5.74, 6) is 0.0698. The molecule has 2 saturated carbocycles. The number of nitrogens with zero attached hydrogens (tertiary/aromatic N) is 3. The van der Waals surface area contributed by atoms with Gasteiger partial charge in [-0.2, -0.15) is 0 Å². The van der Waals surface area contributed by atoms with Crippen LogP contribution >= 0.6 is 48.0 Å². The second kappa shape index (κ2) is 11.1. The minimum absolute atomic E-state index is 0.0349. The molecule has 4 aliphatic rings. The molecule has 2 aliphatic carbocycles. The minimum Gasteiger partial charge on any atom is -0.279 e. The third-order valence-corrected chi connectivity index (χ3v) is 9.54. The maximum atomic E-state index is 13.2. The summed E-state index contributed by atoms with van der Waals surface area (Å²) < 4.78 is 1.25. The van der Waals surface area contributed by atoms with Crippen molar-refractivity contribution in [1.82, 2.24) is 14.7 Å². The SMILES string of the molecule is CCCN(CN1C(=O)C(=C2CCCCC2)SC1=S)CN1C(=O)C(=C2CCCCC2)SC1=S. The summed E-state index contributed by atoms with van der Waals surface area (Å²) in [6.07, 6.45) is 12.1. The van der Waals surface area contributed by atoms with Gasteiger partial charge in [0.2, 0.25) is 0 Å². The summed E-state index contributed by atoms with van der Waals surface area (Å²) in [7, 11) is 0. The maximum absolute atomic E-state index is 13.2. The monoisotopic (exact) mass is 509 g/mol. The highest BCUT2D eigenvalue weighted by Gasteiger charge is 2.38. The molecule has 9 heteroatoms. The summed E-state index contributed by atoms with van der Waals surface area (Å²) in [6, 6.07) is 0. The molecule has 5 nitrogen and oxygen atoms in total. The van der Waals surface area contributed by atoms with Crippen molar-refractivity contribution in [3.8, 4) is 0 Å². The van der Waals surface area contributed by atoms with Crippen molar-refractivity contribution in [2.75, 3.05) is 19.9 Å². The van der Waals surface area contributed by atoms with Crippen molar-refractivity contribution < 1.29 is 9.59 Å². The topological polar surface area (TPSA) is 43.9 Å². The molecule has 174 valence electrons. The molecule has 2 saturated heterocycles. The summed E-state index contributed by atoms with van der Waals surface area (Å²) in [5.41, 5.74) is 2.54. The summed E-state index contributed by atoms with van der Waals surface area (Å²) >= 11 is 14.1. The Labute approximate surface area is 210 Å². The van der Waals surface area contributed by atoms with Crippen molar-refractivity contribution in [1.29, 1.82) is 0 Å². The number of rotatable bonds is 6. The first-order valence-electron chi connectivity index (χ1n) is 11.7. The number of hydrogen-bond donors (Lipinski definition) is 0. The van der Waals surface area contributed by atoms with Crippen LogP contribution in [0.1, 0.15) is 77.6 Å². The smallest absolute Gasteiger partial charge is 0.267 e. The van der Waals surface area contributed by atoms with E-state index < -0.39 is 0 Å². The van der Waals surface area contributed by atoms with E-state index in [1.807, 2.05) is 0 Å². The van der Waals surface area contributed by atoms with Crippen LogP contribution in [0.3, 0.4) is 0 Å². The van der Waals surface area contributed by atoms with E-state index in [1.54, 1.807) is 9.80 Å². The second-order valence-electron chi connectivity index (χ2n) is 8.87. The average Bonchev–Trinajstić information content (AvgIpc) is 3.25. The first-order valence-corrected chi connectivity index (χ1v) is 14.2. The van der Waals surface area contributed by atoms with Crippen LogP contribution < -0.4 is 0 Å². The lowest BCUT2D eigenvalue weighted by atomic mass is 9.94. The van der Waals surface area contributed by atoms with Gasteiger partial charge in [0, 0.05) is 6.54 Å². The van der Waals surface area contributed by atoms with Gasteiger partial charge in [0.05, 0.1) is 23.1 Å². The Morgan fingerprint density at radius 2 is 1.16 bits per heavy atom. The average molecular weight is 510 g/mol. The van der Waals surface area contributed by atoms with Crippen LogP contribution in [0.5, 0.6) is 0 Å². The van der Waals surface area contributed by atoms with E-state index in [-0.39, 0.29) is 11.8 Å². The van der Waals surface area contributed by atoms with Gasteiger partial charge in [-0.3, -0.25) is 24.3 Å². The molecule has 2 heterocycles. The van der Waals surface area contributed by atoms with E-state index in [0.29, 0.717) is 22.0 Å². The zero-order chi connectivity index (χ0) is 22.7. The number of carbonyl (C=O) groups excluding carboxylic acids is 2. The van der Waals surface area contributed by atoms with Gasteiger partial charge in [-0.05, 0) is 57.8 Å².